The molecule has 0 bridgehead atoms. The molecular weight excluding hydrogens is 300 g/mol. The van der Waals surface area contributed by atoms with E-state index in [9.17, 15) is 4.79 Å². The van der Waals surface area contributed by atoms with Gasteiger partial charge >= 0.3 is 0 Å². The number of ether oxygens (including phenoxy) is 1. The summed E-state index contributed by atoms with van der Waals surface area (Å²) >= 11 is 1.39. The van der Waals surface area contributed by atoms with Crippen molar-refractivity contribution >= 4 is 23.4 Å². The molecule has 0 saturated carbocycles. The van der Waals surface area contributed by atoms with E-state index in [1.807, 2.05) is 29.7 Å². The monoisotopic (exact) mass is 320 g/mol. The van der Waals surface area contributed by atoms with Crippen LogP contribution in [0.2, 0.25) is 0 Å². The molecule has 1 amide bonds. The third-order valence-corrected chi connectivity index (χ3v) is 4.00. The number of nitrogens with one attached hydrogen (secondary N) is 1. The summed E-state index contributed by atoms with van der Waals surface area (Å²) in [7, 11) is 1.60. The van der Waals surface area contributed by atoms with Crippen molar-refractivity contribution in [1.82, 2.24) is 14.8 Å². The number of rotatable bonds is 7. The number of aryl methyl sites for hydroxylation is 1. The number of amides is 1. The molecule has 1 heterocycles. The van der Waals surface area contributed by atoms with Gasteiger partial charge in [-0.25, -0.2) is 0 Å². The predicted molar refractivity (Wildman–Crippen MR) is 87.4 cm³/mol. The smallest absolute Gasteiger partial charge is 0.234 e. The minimum Gasteiger partial charge on any atom is -0.497 e. The van der Waals surface area contributed by atoms with Crippen LogP contribution < -0.4 is 10.1 Å². The fraction of sp³-hybridized carbons (Fsp3) is 0.400. The van der Waals surface area contributed by atoms with Crippen molar-refractivity contribution in [2.45, 2.75) is 32.0 Å². The number of hydrogen-bond donors (Lipinski definition) is 1. The van der Waals surface area contributed by atoms with E-state index in [4.69, 9.17) is 4.74 Å². The maximum absolute atomic E-state index is 12.0. The molecule has 2 aromatic rings. The molecule has 1 aromatic heterocycles. The Morgan fingerprint density at radius 2 is 2.23 bits per heavy atom. The first-order valence-electron chi connectivity index (χ1n) is 7.10. The average molecular weight is 320 g/mol. The van der Waals surface area contributed by atoms with Gasteiger partial charge in [-0.3, -0.25) is 4.79 Å². The first kappa shape index (κ1) is 16.4. The molecule has 0 saturated heterocycles. The van der Waals surface area contributed by atoms with Crippen LogP contribution in [0.1, 0.15) is 19.2 Å². The maximum Gasteiger partial charge on any atom is 0.234 e. The summed E-state index contributed by atoms with van der Waals surface area (Å²) in [6.07, 6.45) is 1.00. The minimum absolute atomic E-state index is 0.0815. The molecular formula is C15H20N4O2S. The Bertz CT molecular complexity index is 642. The topological polar surface area (TPSA) is 69.0 Å². The Balaban J connectivity index is 1.92. The summed E-state index contributed by atoms with van der Waals surface area (Å²) < 4.78 is 7.16. The lowest BCUT2D eigenvalue weighted by atomic mass is 10.3. The number of carbonyl (C=O) groups excluding carboxylic acids is 1. The van der Waals surface area contributed by atoms with Gasteiger partial charge in [0.05, 0.1) is 12.9 Å². The molecule has 0 fully saturated rings. The van der Waals surface area contributed by atoms with E-state index in [1.54, 1.807) is 13.2 Å². The Labute approximate surface area is 134 Å². The zero-order chi connectivity index (χ0) is 15.9. The van der Waals surface area contributed by atoms with Crippen molar-refractivity contribution in [2.24, 2.45) is 0 Å². The van der Waals surface area contributed by atoms with Crippen LogP contribution in [0.15, 0.2) is 29.4 Å². The lowest BCUT2D eigenvalue weighted by Gasteiger charge is -2.08. The van der Waals surface area contributed by atoms with Gasteiger partial charge in [0.2, 0.25) is 5.91 Å². The van der Waals surface area contributed by atoms with Gasteiger partial charge in [0.15, 0.2) is 5.16 Å². The Morgan fingerprint density at radius 3 is 2.95 bits per heavy atom. The van der Waals surface area contributed by atoms with E-state index in [0.29, 0.717) is 11.5 Å². The number of nitrogens with zero attached hydrogens (tertiary/aromatic N) is 3. The first-order valence-corrected chi connectivity index (χ1v) is 8.09. The molecule has 0 aliphatic carbocycles. The fourth-order valence-electron chi connectivity index (χ4n) is 1.98. The largest absolute Gasteiger partial charge is 0.497 e. The van der Waals surface area contributed by atoms with Crippen LogP contribution >= 0.6 is 11.8 Å². The molecule has 22 heavy (non-hydrogen) atoms. The standard InChI is InChI=1S/C15H20N4O2S/c1-4-8-19-11(2)17-18-15(19)22-10-14(20)16-12-6-5-7-13(9-12)21-3/h5-7,9H,4,8,10H2,1-3H3,(H,16,20). The predicted octanol–water partition coefficient (Wildman–Crippen LogP) is 2.74. The summed E-state index contributed by atoms with van der Waals surface area (Å²) in [5.74, 6) is 1.79. The van der Waals surface area contributed by atoms with Crippen LogP contribution in [-0.2, 0) is 11.3 Å². The summed E-state index contributed by atoms with van der Waals surface area (Å²) in [5, 5.41) is 11.8. The maximum atomic E-state index is 12.0. The second-order valence-electron chi connectivity index (χ2n) is 4.75. The molecule has 0 spiro atoms. The normalized spacial score (nSPS) is 10.5. The number of carbonyl (C=O) groups is 1. The van der Waals surface area contributed by atoms with Crippen LogP contribution in [0.5, 0.6) is 5.75 Å². The van der Waals surface area contributed by atoms with Crippen molar-refractivity contribution in [3.63, 3.8) is 0 Å². The van der Waals surface area contributed by atoms with Gasteiger partial charge in [0.25, 0.3) is 0 Å². The van der Waals surface area contributed by atoms with Crippen molar-refractivity contribution in [1.29, 1.82) is 0 Å². The van der Waals surface area contributed by atoms with Gasteiger partial charge in [-0.05, 0) is 25.5 Å². The highest BCUT2D eigenvalue weighted by Crippen LogP contribution is 2.19. The molecule has 0 radical (unpaired) electrons. The first-order chi connectivity index (χ1) is 10.6. The third kappa shape index (κ3) is 4.24. The Morgan fingerprint density at radius 1 is 1.41 bits per heavy atom. The number of benzene rings is 1. The number of anilines is 1. The molecule has 0 atom stereocenters. The lowest BCUT2D eigenvalue weighted by Crippen LogP contribution is -2.14. The number of thioether (sulfide) groups is 1. The van der Waals surface area contributed by atoms with Crippen molar-refractivity contribution in [3.05, 3.63) is 30.1 Å². The van der Waals surface area contributed by atoms with E-state index in [0.717, 1.165) is 29.6 Å². The summed E-state index contributed by atoms with van der Waals surface area (Å²) in [6, 6.07) is 7.28. The summed E-state index contributed by atoms with van der Waals surface area (Å²) in [5.41, 5.74) is 0.719. The van der Waals surface area contributed by atoms with Crippen LogP contribution in [-0.4, -0.2) is 33.5 Å². The lowest BCUT2D eigenvalue weighted by molar-refractivity contribution is -0.113. The molecule has 7 heteroatoms. The van der Waals surface area contributed by atoms with Gasteiger partial charge in [-0.2, -0.15) is 0 Å². The highest BCUT2D eigenvalue weighted by atomic mass is 32.2. The number of hydrogen-bond acceptors (Lipinski definition) is 5. The van der Waals surface area contributed by atoms with Crippen LogP contribution in [0.3, 0.4) is 0 Å². The van der Waals surface area contributed by atoms with Crippen molar-refractivity contribution in [2.75, 3.05) is 18.2 Å². The number of methoxy groups -OCH3 is 1. The van der Waals surface area contributed by atoms with Gasteiger partial charge < -0.3 is 14.6 Å². The second-order valence-corrected chi connectivity index (χ2v) is 5.69. The van der Waals surface area contributed by atoms with Gasteiger partial charge in [0.1, 0.15) is 11.6 Å². The SMILES string of the molecule is CCCn1c(C)nnc1SCC(=O)Nc1cccc(OC)c1. The van der Waals surface area contributed by atoms with E-state index in [-0.39, 0.29) is 5.91 Å². The van der Waals surface area contributed by atoms with Crippen LogP contribution in [0, 0.1) is 6.92 Å². The van der Waals surface area contributed by atoms with E-state index in [2.05, 4.69) is 22.4 Å². The summed E-state index contributed by atoms with van der Waals surface area (Å²) in [4.78, 5) is 12.0. The van der Waals surface area contributed by atoms with Crippen molar-refractivity contribution in [3.8, 4) is 5.75 Å². The molecule has 0 aliphatic heterocycles. The molecule has 118 valence electrons. The zero-order valence-electron chi connectivity index (χ0n) is 13.0. The molecule has 6 nitrogen and oxygen atoms in total. The molecule has 1 aromatic carbocycles. The van der Waals surface area contributed by atoms with Gasteiger partial charge in [0, 0.05) is 18.3 Å². The minimum atomic E-state index is -0.0815. The quantitative estimate of drug-likeness (QED) is 0.794. The highest BCUT2D eigenvalue weighted by molar-refractivity contribution is 7.99. The van der Waals surface area contributed by atoms with Gasteiger partial charge in [-0.15, -0.1) is 10.2 Å². The highest BCUT2D eigenvalue weighted by Gasteiger charge is 2.11. The fourth-order valence-corrected chi connectivity index (χ4v) is 2.79. The Kier molecular flexibility index (Phi) is 5.83. The van der Waals surface area contributed by atoms with E-state index >= 15 is 0 Å². The Hall–Kier alpha value is -2.02. The van der Waals surface area contributed by atoms with Gasteiger partial charge in [-0.1, -0.05) is 24.8 Å². The van der Waals surface area contributed by atoms with E-state index in [1.165, 1.54) is 11.8 Å². The third-order valence-electron chi connectivity index (χ3n) is 3.03. The molecule has 2 rings (SSSR count). The number of aromatic nitrogens is 3. The average Bonchev–Trinajstić information content (AvgIpc) is 2.86. The van der Waals surface area contributed by atoms with Crippen LogP contribution in [0.25, 0.3) is 0 Å². The molecule has 1 N–H and O–H groups in total. The van der Waals surface area contributed by atoms with Crippen LogP contribution in [0.4, 0.5) is 5.69 Å². The molecule has 0 aliphatic rings. The van der Waals surface area contributed by atoms with Crippen molar-refractivity contribution < 1.29 is 9.53 Å². The summed E-state index contributed by atoms with van der Waals surface area (Å²) in [6.45, 7) is 4.88. The second kappa shape index (κ2) is 7.84. The zero-order valence-corrected chi connectivity index (χ0v) is 13.8. The molecule has 0 unspecified atom stereocenters. The van der Waals surface area contributed by atoms with E-state index < -0.39 is 0 Å².